The summed E-state index contributed by atoms with van der Waals surface area (Å²) in [5.74, 6) is -1.13. The number of hydrogen-bond acceptors (Lipinski definition) is 3. The highest BCUT2D eigenvalue weighted by molar-refractivity contribution is 7.89. The zero-order valence-corrected chi connectivity index (χ0v) is 18.2. The van der Waals surface area contributed by atoms with E-state index in [1.54, 1.807) is 18.2 Å². The molecule has 1 atom stereocenters. The van der Waals surface area contributed by atoms with Crippen LogP contribution >= 0.6 is 0 Å². The Kier molecular flexibility index (Phi) is 7.20. The molecule has 0 bridgehead atoms. The Morgan fingerprint density at radius 3 is 2.29 bits per heavy atom. The quantitative estimate of drug-likeness (QED) is 0.542. The molecule has 3 rings (SSSR count). The van der Waals surface area contributed by atoms with Gasteiger partial charge in [0.25, 0.3) is 0 Å². The molecule has 0 radical (unpaired) electrons. The summed E-state index contributed by atoms with van der Waals surface area (Å²) in [6, 6.07) is 20.4. The number of rotatable bonds is 8. The van der Waals surface area contributed by atoms with Crippen molar-refractivity contribution in [1.82, 2.24) is 4.72 Å². The molecule has 0 aliphatic heterocycles. The van der Waals surface area contributed by atoms with E-state index in [2.05, 4.69) is 10.0 Å². The number of nitrogens with one attached hydrogen (secondary N) is 2. The van der Waals surface area contributed by atoms with Gasteiger partial charge in [-0.1, -0.05) is 68.4 Å². The Morgan fingerprint density at radius 1 is 0.935 bits per heavy atom. The molecule has 0 aliphatic rings. The van der Waals surface area contributed by atoms with Crippen LogP contribution in [0, 0.1) is 5.82 Å². The van der Waals surface area contributed by atoms with Crippen LogP contribution in [0.2, 0.25) is 0 Å². The maximum absolute atomic E-state index is 14.1. The minimum Gasteiger partial charge on any atom is -0.325 e. The lowest BCUT2D eigenvalue weighted by atomic mass is 10.0. The first-order valence-corrected chi connectivity index (χ1v) is 11.5. The molecule has 0 spiro atoms. The normalized spacial score (nSPS) is 12.5. The second kappa shape index (κ2) is 9.85. The van der Waals surface area contributed by atoms with Crippen LogP contribution in [0.4, 0.5) is 10.1 Å². The van der Waals surface area contributed by atoms with Crippen molar-refractivity contribution < 1.29 is 17.6 Å². The summed E-state index contributed by atoms with van der Waals surface area (Å²) in [6.07, 6.45) is 0.115. The topological polar surface area (TPSA) is 75.3 Å². The molecule has 1 amide bonds. The number of sulfonamides is 1. The van der Waals surface area contributed by atoms with Gasteiger partial charge < -0.3 is 5.32 Å². The summed E-state index contributed by atoms with van der Waals surface area (Å²) in [7, 11) is -4.26. The zero-order valence-electron chi connectivity index (χ0n) is 17.4. The van der Waals surface area contributed by atoms with Gasteiger partial charge in [0.2, 0.25) is 15.9 Å². The summed E-state index contributed by atoms with van der Waals surface area (Å²) >= 11 is 0. The van der Waals surface area contributed by atoms with Crippen molar-refractivity contribution in [3.05, 3.63) is 95.8 Å². The van der Waals surface area contributed by atoms with Crippen LogP contribution < -0.4 is 10.0 Å². The molecule has 5 nitrogen and oxygen atoms in total. The van der Waals surface area contributed by atoms with Gasteiger partial charge in [-0.25, -0.2) is 12.8 Å². The molecule has 2 N–H and O–H groups in total. The van der Waals surface area contributed by atoms with Gasteiger partial charge in [0, 0.05) is 5.69 Å². The third kappa shape index (κ3) is 5.99. The minimum atomic E-state index is -4.26. The van der Waals surface area contributed by atoms with Crippen LogP contribution in [0.3, 0.4) is 0 Å². The average molecular weight is 441 g/mol. The van der Waals surface area contributed by atoms with Crippen molar-refractivity contribution in [2.75, 3.05) is 5.32 Å². The predicted octanol–water partition coefficient (Wildman–Crippen LogP) is 4.48. The molecule has 162 valence electrons. The van der Waals surface area contributed by atoms with Crippen LogP contribution in [0.5, 0.6) is 0 Å². The molecular weight excluding hydrogens is 415 g/mol. The SMILES string of the molecule is CC(C)c1cccc(NC(=O)C(Cc2ccccc2)NS(=O)(=O)c2ccccc2F)c1. The Bertz CT molecular complexity index is 1150. The first-order valence-electron chi connectivity index (χ1n) is 9.98. The Balaban J connectivity index is 1.88. The van der Waals surface area contributed by atoms with Gasteiger partial charge in [-0.05, 0) is 47.7 Å². The van der Waals surface area contributed by atoms with Crippen molar-refractivity contribution in [1.29, 1.82) is 0 Å². The largest absolute Gasteiger partial charge is 0.325 e. The van der Waals surface area contributed by atoms with E-state index in [0.717, 1.165) is 17.2 Å². The summed E-state index contributed by atoms with van der Waals surface area (Å²) < 4.78 is 42.1. The van der Waals surface area contributed by atoms with Gasteiger partial charge in [0.15, 0.2) is 0 Å². The molecular formula is C24H25FN2O3S. The molecule has 0 aromatic heterocycles. The number of hydrogen-bond donors (Lipinski definition) is 2. The highest BCUT2D eigenvalue weighted by Gasteiger charge is 2.28. The summed E-state index contributed by atoms with van der Waals surface area (Å²) in [4.78, 5) is 12.6. The molecule has 0 saturated carbocycles. The fourth-order valence-corrected chi connectivity index (χ4v) is 4.43. The lowest BCUT2D eigenvalue weighted by Gasteiger charge is -2.19. The molecule has 7 heteroatoms. The minimum absolute atomic E-state index is 0.115. The van der Waals surface area contributed by atoms with Crippen LogP contribution in [0.1, 0.15) is 30.9 Å². The summed E-state index contributed by atoms with van der Waals surface area (Å²) in [5.41, 5.74) is 2.39. The molecule has 0 saturated heterocycles. The first-order chi connectivity index (χ1) is 14.8. The fraction of sp³-hybridized carbons (Fsp3) is 0.208. The van der Waals surface area contributed by atoms with Gasteiger partial charge in [-0.2, -0.15) is 4.72 Å². The van der Waals surface area contributed by atoms with E-state index < -0.39 is 32.7 Å². The Morgan fingerprint density at radius 2 is 1.61 bits per heavy atom. The fourth-order valence-electron chi connectivity index (χ4n) is 3.16. The van der Waals surface area contributed by atoms with Crippen LogP contribution in [-0.2, 0) is 21.2 Å². The Hall–Kier alpha value is -3.03. The maximum Gasteiger partial charge on any atom is 0.244 e. The van der Waals surface area contributed by atoms with E-state index in [0.29, 0.717) is 5.69 Å². The van der Waals surface area contributed by atoms with Crippen molar-refractivity contribution in [3.8, 4) is 0 Å². The highest BCUT2D eigenvalue weighted by atomic mass is 32.2. The van der Waals surface area contributed by atoms with E-state index in [1.807, 2.05) is 50.2 Å². The molecule has 0 heterocycles. The number of benzene rings is 3. The molecule has 3 aromatic rings. The number of carbonyl (C=O) groups is 1. The Labute approximate surface area is 182 Å². The predicted molar refractivity (Wildman–Crippen MR) is 120 cm³/mol. The van der Waals surface area contributed by atoms with Crippen LogP contribution in [-0.4, -0.2) is 20.4 Å². The second-order valence-corrected chi connectivity index (χ2v) is 9.25. The third-order valence-electron chi connectivity index (χ3n) is 4.84. The summed E-state index contributed by atoms with van der Waals surface area (Å²) in [6.45, 7) is 4.09. The van der Waals surface area contributed by atoms with E-state index >= 15 is 0 Å². The first kappa shape index (κ1) is 22.7. The van der Waals surface area contributed by atoms with Crippen molar-refractivity contribution in [2.24, 2.45) is 0 Å². The molecule has 1 unspecified atom stereocenters. The monoisotopic (exact) mass is 440 g/mol. The van der Waals surface area contributed by atoms with Gasteiger partial charge in [0.05, 0.1) is 0 Å². The van der Waals surface area contributed by atoms with Crippen LogP contribution in [0.15, 0.2) is 83.8 Å². The van der Waals surface area contributed by atoms with Crippen molar-refractivity contribution in [2.45, 2.75) is 37.1 Å². The molecule has 31 heavy (non-hydrogen) atoms. The van der Waals surface area contributed by atoms with E-state index in [-0.39, 0.29) is 12.3 Å². The standard InChI is InChI=1S/C24H25FN2O3S/c1-17(2)19-11-8-12-20(16-19)26-24(28)22(15-18-9-4-3-5-10-18)27-31(29,30)23-14-7-6-13-21(23)25/h3-14,16-17,22,27H,15H2,1-2H3,(H,26,28). The molecule has 3 aromatic carbocycles. The number of amides is 1. The molecule has 0 fully saturated rings. The highest BCUT2D eigenvalue weighted by Crippen LogP contribution is 2.20. The number of halogens is 1. The lowest BCUT2D eigenvalue weighted by molar-refractivity contribution is -0.117. The number of carbonyl (C=O) groups excluding carboxylic acids is 1. The third-order valence-corrected chi connectivity index (χ3v) is 6.35. The van der Waals surface area contributed by atoms with E-state index in [4.69, 9.17) is 0 Å². The number of anilines is 1. The molecule has 0 aliphatic carbocycles. The average Bonchev–Trinajstić information content (AvgIpc) is 2.74. The van der Waals surface area contributed by atoms with E-state index in [1.165, 1.54) is 18.2 Å². The second-order valence-electron chi connectivity index (χ2n) is 7.56. The van der Waals surface area contributed by atoms with Crippen molar-refractivity contribution in [3.63, 3.8) is 0 Å². The zero-order chi connectivity index (χ0) is 22.4. The van der Waals surface area contributed by atoms with Gasteiger partial charge in [-0.15, -0.1) is 0 Å². The smallest absolute Gasteiger partial charge is 0.244 e. The van der Waals surface area contributed by atoms with Gasteiger partial charge in [0.1, 0.15) is 16.8 Å². The lowest BCUT2D eigenvalue weighted by Crippen LogP contribution is -2.45. The van der Waals surface area contributed by atoms with Gasteiger partial charge in [-0.3, -0.25) is 4.79 Å². The van der Waals surface area contributed by atoms with Crippen molar-refractivity contribution >= 4 is 21.6 Å². The summed E-state index contributed by atoms with van der Waals surface area (Å²) in [5, 5.41) is 2.79. The van der Waals surface area contributed by atoms with Crippen LogP contribution in [0.25, 0.3) is 0 Å². The van der Waals surface area contributed by atoms with E-state index in [9.17, 15) is 17.6 Å². The van der Waals surface area contributed by atoms with Gasteiger partial charge >= 0.3 is 0 Å². The maximum atomic E-state index is 14.1.